The minimum Gasteiger partial charge on any atom is -0.361 e. The van der Waals surface area contributed by atoms with Gasteiger partial charge in [0.1, 0.15) is 12.6 Å². The van der Waals surface area contributed by atoms with Crippen molar-refractivity contribution in [1.82, 2.24) is 31.1 Å². The van der Waals surface area contributed by atoms with Gasteiger partial charge in [-0.05, 0) is 30.3 Å². The van der Waals surface area contributed by atoms with Crippen LogP contribution in [0.25, 0.3) is 0 Å². The summed E-state index contributed by atoms with van der Waals surface area (Å²) < 4.78 is 39.6. The van der Waals surface area contributed by atoms with Gasteiger partial charge < -0.3 is 36.4 Å². The molecule has 226 valence electrons. The zero-order valence-electron chi connectivity index (χ0n) is 22.1. The number of nitrogens with one attached hydrogen (secondary N) is 6. The highest BCUT2D eigenvalue weighted by molar-refractivity contribution is 6.12. The average molecular weight is 602 g/mol. The number of rotatable bonds is 5. The van der Waals surface area contributed by atoms with Crippen molar-refractivity contribution in [2.24, 2.45) is 0 Å². The molecule has 4 heterocycles. The quantitative estimate of drug-likeness (QED) is 0.163. The van der Waals surface area contributed by atoms with Crippen molar-refractivity contribution in [1.29, 1.82) is 10.8 Å². The second-order valence-electron chi connectivity index (χ2n) is 10.6. The van der Waals surface area contributed by atoms with E-state index in [1.165, 1.54) is 9.80 Å². The van der Waals surface area contributed by atoms with Crippen molar-refractivity contribution in [2.45, 2.75) is 35.8 Å². The Morgan fingerprint density at radius 1 is 1.07 bits per heavy atom. The van der Waals surface area contributed by atoms with Gasteiger partial charge in [0, 0.05) is 17.8 Å². The average Bonchev–Trinajstić information content (AvgIpc) is 3.54. The molecular formula is C26H26F3N9O5. The molecule has 0 radical (unpaired) electrons. The first-order chi connectivity index (χ1) is 20.2. The summed E-state index contributed by atoms with van der Waals surface area (Å²) in [5, 5.41) is 50.6. The third-order valence-corrected chi connectivity index (χ3v) is 8.16. The second-order valence-corrected chi connectivity index (χ2v) is 10.6. The van der Waals surface area contributed by atoms with Crippen LogP contribution < -0.4 is 26.2 Å². The van der Waals surface area contributed by atoms with Crippen LogP contribution in [0.2, 0.25) is 0 Å². The summed E-state index contributed by atoms with van der Waals surface area (Å²) in [6.07, 6.45) is -4.71. The number of benzene rings is 2. The van der Waals surface area contributed by atoms with E-state index in [4.69, 9.17) is 10.8 Å². The number of carbonyl (C=O) groups excluding carboxylic acids is 3. The van der Waals surface area contributed by atoms with E-state index in [1.54, 1.807) is 30.3 Å². The Bertz CT molecular complexity index is 1540. The van der Waals surface area contributed by atoms with Crippen molar-refractivity contribution in [3.05, 3.63) is 65.7 Å². The number of imide groups is 1. The maximum absolute atomic E-state index is 13.2. The predicted molar refractivity (Wildman–Crippen MR) is 143 cm³/mol. The molecule has 4 aliphatic rings. The summed E-state index contributed by atoms with van der Waals surface area (Å²) in [6.45, 7) is -0.939. The molecule has 0 bridgehead atoms. The Labute approximate surface area is 241 Å². The molecule has 4 fully saturated rings. The van der Waals surface area contributed by atoms with Crippen LogP contribution in [0.15, 0.2) is 54.6 Å². The number of halogens is 3. The molecule has 43 heavy (non-hydrogen) atoms. The van der Waals surface area contributed by atoms with Gasteiger partial charge in [-0.1, -0.05) is 24.3 Å². The minimum atomic E-state index is -4.71. The van der Waals surface area contributed by atoms with Gasteiger partial charge in [0.2, 0.25) is 5.79 Å². The molecule has 6 rings (SSSR count). The highest BCUT2D eigenvalue weighted by Crippen LogP contribution is 2.43. The first-order valence-corrected chi connectivity index (χ1v) is 13.1. The third-order valence-electron chi connectivity index (χ3n) is 8.16. The van der Waals surface area contributed by atoms with Crippen molar-refractivity contribution in [2.75, 3.05) is 24.5 Å². The largest absolute Gasteiger partial charge is 0.416 e. The standard InChI is InChI=1S/C26H26F3N9O5/c27-26(28,29)14-6-4-5-13(9-14)20(40)33-17-11-38-22(31)32-16(19-24(38,25(17,42)43)35-21(30)34-19)10-37-18(39)12-36(23(37)41)15-7-2-1-3-8-15/h1-9,16-17,19,42-43H,10-12H2,(H2,31,32)(H,33,40)(H3,30,34,35)/t16-,17?,19?,24?/m0/s1. The van der Waals surface area contributed by atoms with Crippen molar-refractivity contribution in [3.63, 3.8) is 0 Å². The molecule has 0 aromatic heterocycles. The molecule has 3 unspecified atom stereocenters. The Kier molecular flexibility index (Phi) is 6.28. The molecule has 8 N–H and O–H groups in total. The molecule has 0 saturated carbocycles. The molecule has 1 spiro atoms. The van der Waals surface area contributed by atoms with Crippen LogP contribution in [0.1, 0.15) is 15.9 Å². The molecule has 0 aliphatic carbocycles. The number of aliphatic hydroxyl groups is 2. The smallest absolute Gasteiger partial charge is 0.361 e. The molecule has 17 heteroatoms. The van der Waals surface area contributed by atoms with Gasteiger partial charge in [-0.3, -0.25) is 30.2 Å². The minimum absolute atomic E-state index is 0.232. The van der Waals surface area contributed by atoms with Crippen LogP contribution in [-0.2, 0) is 11.0 Å². The molecule has 2 aromatic rings. The lowest BCUT2D eigenvalue weighted by molar-refractivity contribution is -0.232. The fourth-order valence-electron chi connectivity index (χ4n) is 6.14. The van der Waals surface area contributed by atoms with Gasteiger partial charge in [-0.2, -0.15) is 13.2 Å². The predicted octanol–water partition coefficient (Wildman–Crippen LogP) is -0.632. The summed E-state index contributed by atoms with van der Waals surface area (Å²) in [5.74, 6) is -5.20. The van der Waals surface area contributed by atoms with E-state index in [0.29, 0.717) is 11.8 Å². The number of para-hydroxylation sites is 1. The number of guanidine groups is 2. The van der Waals surface area contributed by atoms with Crippen LogP contribution in [-0.4, -0.2) is 99.0 Å². The van der Waals surface area contributed by atoms with Crippen molar-refractivity contribution in [3.8, 4) is 0 Å². The molecule has 4 atom stereocenters. The zero-order valence-corrected chi connectivity index (χ0v) is 22.1. The number of hydrogen-bond acceptors (Lipinski definition) is 7. The van der Waals surface area contributed by atoms with E-state index in [1.807, 2.05) is 0 Å². The highest BCUT2D eigenvalue weighted by Gasteiger charge is 2.74. The lowest BCUT2D eigenvalue weighted by Gasteiger charge is -2.51. The van der Waals surface area contributed by atoms with Gasteiger partial charge in [0.25, 0.3) is 11.8 Å². The van der Waals surface area contributed by atoms with Crippen LogP contribution in [0.5, 0.6) is 0 Å². The first kappa shape index (κ1) is 28.2. The van der Waals surface area contributed by atoms with E-state index in [0.717, 1.165) is 23.1 Å². The molecule has 4 aliphatic heterocycles. The molecular weight excluding hydrogens is 575 g/mol. The number of alkyl halides is 3. The van der Waals surface area contributed by atoms with Crippen LogP contribution in [0, 0.1) is 10.8 Å². The normalized spacial score (nSPS) is 27.8. The Morgan fingerprint density at radius 3 is 2.49 bits per heavy atom. The molecule has 14 nitrogen and oxygen atoms in total. The third kappa shape index (κ3) is 4.30. The van der Waals surface area contributed by atoms with Gasteiger partial charge in [0.05, 0.1) is 24.2 Å². The van der Waals surface area contributed by atoms with Crippen molar-refractivity contribution < 1.29 is 37.8 Å². The Balaban J connectivity index is 1.26. The SMILES string of the molecule is N=C1NC2[C@H](CN3C(=O)CN(c4ccccc4)C3=O)NC(=N)N3CC(NC(=O)c4cccc(C(F)(F)F)c4)C(O)(O)C23N1. The first-order valence-electron chi connectivity index (χ1n) is 13.1. The van der Waals surface area contributed by atoms with E-state index in [-0.39, 0.29) is 30.6 Å². The summed E-state index contributed by atoms with van der Waals surface area (Å²) >= 11 is 0. The molecule has 2 aromatic carbocycles. The maximum Gasteiger partial charge on any atom is 0.416 e. The van der Waals surface area contributed by atoms with Gasteiger partial charge in [-0.15, -0.1) is 0 Å². The van der Waals surface area contributed by atoms with Crippen LogP contribution >= 0.6 is 0 Å². The lowest BCUT2D eigenvalue weighted by atomic mass is 9.84. The second kappa shape index (κ2) is 9.56. The summed E-state index contributed by atoms with van der Waals surface area (Å²) in [7, 11) is 0. The summed E-state index contributed by atoms with van der Waals surface area (Å²) in [5.41, 5.74) is -3.00. The van der Waals surface area contributed by atoms with Crippen LogP contribution in [0.4, 0.5) is 23.7 Å². The molecule has 4 saturated heterocycles. The van der Waals surface area contributed by atoms with Gasteiger partial charge in [-0.25, -0.2) is 4.79 Å². The number of hydrogen-bond donors (Lipinski definition) is 8. The monoisotopic (exact) mass is 601 g/mol. The topological polar surface area (TPSA) is 197 Å². The van der Waals surface area contributed by atoms with E-state index in [2.05, 4.69) is 21.3 Å². The Hall–Kier alpha value is -4.90. The number of nitrogens with zero attached hydrogens (tertiary/aromatic N) is 3. The number of urea groups is 1. The van der Waals surface area contributed by atoms with Crippen LogP contribution in [0.3, 0.4) is 0 Å². The van der Waals surface area contributed by atoms with E-state index >= 15 is 0 Å². The number of carbonyl (C=O) groups is 3. The fraction of sp³-hybridized carbons (Fsp3) is 0.346. The number of amides is 4. The number of anilines is 1. The van der Waals surface area contributed by atoms with E-state index < -0.39 is 65.7 Å². The van der Waals surface area contributed by atoms with E-state index in [9.17, 15) is 37.8 Å². The van der Waals surface area contributed by atoms with Crippen molar-refractivity contribution >= 4 is 35.5 Å². The summed E-state index contributed by atoms with van der Waals surface area (Å²) in [6, 6.07) is 7.77. The van der Waals surface area contributed by atoms with Gasteiger partial charge >= 0.3 is 12.2 Å². The van der Waals surface area contributed by atoms with Gasteiger partial charge in [0.15, 0.2) is 17.6 Å². The highest BCUT2D eigenvalue weighted by atomic mass is 19.4. The fourth-order valence-corrected chi connectivity index (χ4v) is 6.14. The molecule has 4 amide bonds. The summed E-state index contributed by atoms with van der Waals surface area (Å²) in [4.78, 5) is 42.5. The lowest BCUT2D eigenvalue weighted by Crippen LogP contribution is -2.81. The Morgan fingerprint density at radius 2 is 1.79 bits per heavy atom. The zero-order chi connectivity index (χ0) is 30.9. The maximum atomic E-state index is 13.2.